The van der Waals surface area contributed by atoms with Crippen LogP contribution in [0.25, 0.3) is 0 Å². The molecule has 0 radical (unpaired) electrons. The molecule has 0 unspecified atom stereocenters. The van der Waals surface area contributed by atoms with E-state index in [1.165, 1.54) is 30.4 Å². The summed E-state index contributed by atoms with van der Waals surface area (Å²) in [5.41, 5.74) is 1.13. The zero-order valence-corrected chi connectivity index (χ0v) is 20.3. The highest BCUT2D eigenvalue weighted by Gasteiger charge is 2.24. The highest BCUT2D eigenvalue weighted by atomic mass is 35.5. The van der Waals surface area contributed by atoms with E-state index in [0.29, 0.717) is 22.9 Å². The number of rotatable bonds is 10. The normalized spacial score (nSPS) is 11.9. The first-order valence-corrected chi connectivity index (χ1v) is 11.5. The van der Waals surface area contributed by atoms with Gasteiger partial charge in [0, 0.05) is 25.9 Å². The maximum absolute atomic E-state index is 13.5. The number of carbonyl (C=O) groups is 2. The monoisotopic (exact) mass is 517 g/mol. The Balaban J connectivity index is 1.49. The van der Waals surface area contributed by atoms with Gasteiger partial charge in [-0.3, -0.25) is 4.79 Å². The fourth-order valence-corrected chi connectivity index (χ4v) is 3.76. The van der Waals surface area contributed by atoms with E-state index >= 15 is 0 Å². The van der Waals surface area contributed by atoms with Crippen molar-refractivity contribution in [2.45, 2.75) is 13.1 Å². The molecule has 9 nitrogen and oxygen atoms in total. The number of hydrogen-bond donors (Lipinski definition) is 1. The van der Waals surface area contributed by atoms with Crippen LogP contribution in [-0.2, 0) is 22.6 Å². The second kappa shape index (κ2) is 11.8. The Kier molecular flexibility index (Phi) is 8.29. The Hall–Kier alpha value is -3.76. The highest BCUT2D eigenvalue weighted by molar-refractivity contribution is 6.31. The zero-order valence-electron chi connectivity index (χ0n) is 19.5. The van der Waals surface area contributed by atoms with E-state index in [-0.39, 0.29) is 50.5 Å². The number of carbonyl (C=O) groups excluding carboxylic acids is 2. The van der Waals surface area contributed by atoms with Crippen LogP contribution >= 0.6 is 11.6 Å². The van der Waals surface area contributed by atoms with Gasteiger partial charge < -0.3 is 33.7 Å². The molecule has 1 aliphatic heterocycles. The smallest absolute Gasteiger partial charge is 0.322 e. The number of ether oxygens (including phenoxy) is 3. The highest BCUT2D eigenvalue weighted by Crippen LogP contribution is 2.33. The van der Waals surface area contributed by atoms with Crippen molar-refractivity contribution < 1.29 is 32.6 Å². The molecule has 2 heterocycles. The third kappa shape index (κ3) is 6.46. The number of anilines is 1. The van der Waals surface area contributed by atoms with Crippen LogP contribution in [0.15, 0.2) is 59.2 Å². The van der Waals surface area contributed by atoms with E-state index in [1.54, 1.807) is 23.1 Å². The third-order valence-electron chi connectivity index (χ3n) is 5.44. The van der Waals surface area contributed by atoms with Crippen LogP contribution < -0.4 is 14.8 Å². The first kappa shape index (κ1) is 25.3. The van der Waals surface area contributed by atoms with Gasteiger partial charge in [-0.1, -0.05) is 17.7 Å². The van der Waals surface area contributed by atoms with Gasteiger partial charge >= 0.3 is 6.03 Å². The van der Waals surface area contributed by atoms with Crippen molar-refractivity contribution in [1.82, 2.24) is 9.80 Å². The van der Waals surface area contributed by atoms with Crippen LogP contribution in [0.5, 0.6) is 11.5 Å². The minimum absolute atomic E-state index is 0.124. The summed E-state index contributed by atoms with van der Waals surface area (Å²) in [6.45, 7) is 0.746. The van der Waals surface area contributed by atoms with Crippen molar-refractivity contribution in [2.24, 2.45) is 0 Å². The molecule has 4 rings (SSSR count). The van der Waals surface area contributed by atoms with Gasteiger partial charge in [0.05, 0.1) is 24.4 Å². The minimum atomic E-state index is -0.599. The number of hydrogen-bond acceptors (Lipinski definition) is 6. The average Bonchev–Trinajstić information content (AvgIpc) is 3.55. The van der Waals surface area contributed by atoms with Gasteiger partial charge in [-0.05, 0) is 48.0 Å². The molecule has 0 fully saturated rings. The van der Waals surface area contributed by atoms with E-state index in [4.69, 9.17) is 30.2 Å². The summed E-state index contributed by atoms with van der Waals surface area (Å²) in [7, 11) is 1.50. The second-order valence-corrected chi connectivity index (χ2v) is 8.40. The van der Waals surface area contributed by atoms with Crippen LogP contribution in [0, 0.1) is 5.82 Å². The lowest BCUT2D eigenvalue weighted by molar-refractivity contribution is -0.133. The molecule has 0 saturated carbocycles. The quantitative estimate of drug-likeness (QED) is 0.425. The van der Waals surface area contributed by atoms with Crippen LogP contribution in [0.4, 0.5) is 14.9 Å². The Bertz CT molecular complexity index is 1210. The standard InChI is InChI=1S/C25H25ClFN3O6/c1-33-10-8-29(25(32)28-18-5-6-21(27)20(26)12-18)15-24(31)30(14-19-3-2-9-34-19)13-17-4-7-22-23(11-17)36-16-35-22/h2-7,9,11-12H,8,10,13-16H2,1H3,(H,28,32). The number of furan rings is 1. The molecule has 0 atom stereocenters. The molecule has 190 valence electrons. The summed E-state index contributed by atoms with van der Waals surface area (Å²) < 4.78 is 34.9. The summed E-state index contributed by atoms with van der Waals surface area (Å²) in [6, 6.07) is 12.3. The minimum Gasteiger partial charge on any atom is -0.467 e. The van der Waals surface area contributed by atoms with E-state index in [9.17, 15) is 14.0 Å². The number of fused-ring (bicyclic) bond motifs is 1. The van der Waals surface area contributed by atoms with Gasteiger partial charge in [0.25, 0.3) is 0 Å². The SMILES string of the molecule is COCCN(CC(=O)N(Cc1ccc2c(c1)OCO2)Cc1ccco1)C(=O)Nc1ccc(F)c(Cl)c1. The van der Waals surface area contributed by atoms with Gasteiger partial charge in [0.2, 0.25) is 12.7 Å². The van der Waals surface area contributed by atoms with Crippen molar-refractivity contribution in [1.29, 1.82) is 0 Å². The summed E-state index contributed by atoms with van der Waals surface area (Å²) in [6.07, 6.45) is 1.53. The summed E-state index contributed by atoms with van der Waals surface area (Å²) in [4.78, 5) is 29.3. The van der Waals surface area contributed by atoms with Gasteiger partial charge in [0.1, 0.15) is 18.1 Å². The number of methoxy groups -OCH3 is 1. The molecule has 11 heteroatoms. The first-order chi connectivity index (χ1) is 17.4. The lowest BCUT2D eigenvalue weighted by Gasteiger charge is -2.27. The van der Waals surface area contributed by atoms with Crippen molar-refractivity contribution in [3.63, 3.8) is 0 Å². The van der Waals surface area contributed by atoms with Crippen LogP contribution in [0.3, 0.4) is 0 Å². The van der Waals surface area contributed by atoms with Crippen molar-refractivity contribution in [2.75, 3.05) is 38.9 Å². The van der Waals surface area contributed by atoms with Crippen molar-refractivity contribution >= 4 is 29.2 Å². The molecule has 3 amide bonds. The van der Waals surface area contributed by atoms with Crippen LogP contribution in [0.1, 0.15) is 11.3 Å². The maximum Gasteiger partial charge on any atom is 0.322 e. The Morgan fingerprint density at radius 2 is 1.92 bits per heavy atom. The van der Waals surface area contributed by atoms with Gasteiger partial charge in [0.15, 0.2) is 11.5 Å². The fraction of sp³-hybridized carbons (Fsp3) is 0.280. The van der Waals surface area contributed by atoms with Crippen molar-refractivity contribution in [3.05, 3.63) is 77.0 Å². The second-order valence-electron chi connectivity index (χ2n) is 7.99. The topological polar surface area (TPSA) is 93.5 Å². The van der Waals surface area contributed by atoms with E-state index in [0.717, 1.165) is 11.6 Å². The molecule has 0 aliphatic carbocycles. The molecule has 0 bridgehead atoms. The lowest BCUT2D eigenvalue weighted by atomic mass is 10.2. The zero-order chi connectivity index (χ0) is 25.5. The number of nitrogens with one attached hydrogen (secondary N) is 1. The molecule has 3 aromatic rings. The summed E-state index contributed by atoms with van der Waals surface area (Å²) >= 11 is 5.82. The Morgan fingerprint density at radius 1 is 1.08 bits per heavy atom. The molecule has 2 aromatic carbocycles. The Labute approximate surface area is 212 Å². The summed E-state index contributed by atoms with van der Waals surface area (Å²) in [5.74, 6) is 0.937. The molecule has 1 aliphatic rings. The molecule has 36 heavy (non-hydrogen) atoms. The lowest BCUT2D eigenvalue weighted by Crippen LogP contribution is -2.45. The van der Waals surface area contributed by atoms with Gasteiger partial charge in [-0.25, -0.2) is 9.18 Å². The van der Waals surface area contributed by atoms with Crippen molar-refractivity contribution in [3.8, 4) is 11.5 Å². The maximum atomic E-state index is 13.5. The molecule has 0 saturated heterocycles. The summed E-state index contributed by atoms with van der Waals surface area (Å²) in [5, 5.41) is 2.52. The Morgan fingerprint density at radius 3 is 2.67 bits per heavy atom. The third-order valence-corrected chi connectivity index (χ3v) is 5.73. The van der Waals surface area contributed by atoms with E-state index in [2.05, 4.69) is 5.32 Å². The average molecular weight is 518 g/mol. The molecular weight excluding hydrogens is 493 g/mol. The largest absolute Gasteiger partial charge is 0.467 e. The van der Waals surface area contributed by atoms with Crippen LogP contribution in [-0.4, -0.2) is 55.3 Å². The molecular formula is C25H25ClFN3O6. The number of benzene rings is 2. The first-order valence-electron chi connectivity index (χ1n) is 11.1. The van der Waals surface area contributed by atoms with E-state index in [1.807, 2.05) is 12.1 Å². The number of amides is 3. The van der Waals surface area contributed by atoms with E-state index < -0.39 is 11.8 Å². The fourth-order valence-electron chi connectivity index (χ4n) is 3.58. The predicted octanol–water partition coefficient (Wildman–Crippen LogP) is 4.51. The predicted molar refractivity (Wildman–Crippen MR) is 129 cm³/mol. The number of halogens is 2. The molecule has 1 aromatic heterocycles. The molecule has 1 N–H and O–H groups in total. The number of urea groups is 1. The van der Waals surface area contributed by atoms with Crippen LogP contribution in [0.2, 0.25) is 5.02 Å². The van der Waals surface area contributed by atoms with Gasteiger partial charge in [-0.15, -0.1) is 0 Å². The molecule has 0 spiro atoms. The number of nitrogens with zero attached hydrogens (tertiary/aromatic N) is 2. The van der Waals surface area contributed by atoms with Gasteiger partial charge in [-0.2, -0.15) is 0 Å².